The molecule has 2 unspecified atom stereocenters. The number of hydrogen-bond acceptors (Lipinski definition) is 2. The minimum Gasteiger partial charge on any atom is -0.391 e. The van der Waals surface area contributed by atoms with E-state index in [2.05, 4.69) is 37.2 Å². The quantitative estimate of drug-likeness (QED) is 0.867. The normalized spacial score (nSPS) is 25.5. The average Bonchev–Trinajstić information content (AvgIpc) is 2.58. The van der Waals surface area contributed by atoms with Crippen LogP contribution < -0.4 is 5.32 Å². The van der Waals surface area contributed by atoms with Crippen molar-refractivity contribution in [3.8, 4) is 0 Å². The van der Waals surface area contributed by atoms with E-state index in [0.717, 1.165) is 33.9 Å². The second kappa shape index (κ2) is 4.85. The molecule has 1 aromatic carbocycles. The summed E-state index contributed by atoms with van der Waals surface area (Å²) in [6.45, 7) is 0. The van der Waals surface area contributed by atoms with Gasteiger partial charge < -0.3 is 10.4 Å². The second-order valence-corrected chi connectivity index (χ2v) is 5.55. The Morgan fingerprint density at radius 2 is 1.87 bits per heavy atom. The summed E-state index contributed by atoms with van der Waals surface area (Å²) in [6.07, 6.45) is 2.82. The Balaban J connectivity index is 2.16. The first kappa shape index (κ1) is 11.4. The van der Waals surface area contributed by atoms with Gasteiger partial charge >= 0.3 is 0 Å². The van der Waals surface area contributed by atoms with Crippen LogP contribution in [0.15, 0.2) is 27.1 Å². The minimum absolute atomic E-state index is 0.181. The molecular weight excluding hydrogens is 322 g/mol. The van der Waals surface area contributed by atoms with E-state index >= 15 is 0 Å². The van der Waals surface area contributed by atoms with Gasteiger partial charge in [0.25, 0.3) is 0 Å². The predicted molar refractivity (Wildman–Crippen MR) is 69.1 cm³/mol. The van der Waals surface area contributed by atoms with Gasteiger partial charge in [-0.3, -0.25) is 0 Å². The van der Waals surface area contributed by atoms with Gasteiger partial charge in [-0.25, -0.2) is 0 Å². The number of benzene rings is 1. The van der Waals surface area contributed by atoms with E-state index in [1.165, 1.54) is 0 Å². The standard InChI is InChI=1S/C11H13Br2NO/c12-7-3-1-4-8(13)11(7)14-9-5-2-6-10(9)15/h1,3-4,9-10,14-15H,2,5-6H2. The molecule has 1 aliphatic rings. The second-order valence-electron chi connectivity index (χ2n) is 3.85. The summed E-state index contributed by atoms with van der Waals surface area (Å²) in [6, 6.07) is 6.15. The third-order valence-corrected chi connectivity index (χ3v) is 4.09. The van der Waals surface area contributed by atoms with Crippen molar-refractivity contribution < 1.29 is 5.11 Å². The molecule has 0 heterocycles. The first-order chi connectivity index (χ1) is 7.18. The predicted octanol–water partition coefficient (Wildman–Crippen LogP) is 3.54. The van der Waals surface area contributed by atoms with E-state index < -0.39 is 0 Å². The van der Waals surface area contributed by atoms with Crippen molar-refractivity contribution in [2.45, 2.75) is 31.4 Å². The highest BCUT2D eigenvalue weighted by atomic mass is 79.9. The van der Waals surface area contributed by atoms with Crippen LogP contribution in [0.4, 0.5) is 5.69 Å². The van der Waals surface area contributed by atoms with Crippen molar-refractivity contribution in [1.29, 1.82) is 0 Å². The number of aliphatic hydroxyl groups is 1. The van der Waals surface area contributed by atoms with E-state index in [0.29, 0.717) is 0 Å². The van der Waals surface area contributed by atoms with Crippen molar-refractivity contribution in [2.24, 2.45) is 0 Å². The lowest BCUT2D eigenvalue weighted by Crippen LogP contribution is -2.28. The van der Waals surface area contributed by atoms with Crippen molar-refractivity contribution in [3.63, 3.8) is 0 Å². The summed E-state index contributed by atoms with van der Waals surface area (Å²) in [7, 11) is 0. The van der Waals surface area contributed by atoms with Crippen LogP contribution in [0.3, 0.4) is 0 Å². The van der Waals surface area contributed by atoms with Crippen LogP contribution in [0.25, 0.3) is 0 Å². The number of hydrogen-bond donors (Lipinski definition) is 2. The molecule has 1 aliphatic carbocycles. The number of aliphatic hydroxyl groups excluding tert-OH is 1. The molecule has 0 bridgehead atoms. The Labute approximate surface area is 106 Å². The average molecular weight is 335 g/mol. The van der Waals surface area contributed by atoms with E-state index in [-0.39, 0.29) is 12.1 Å². The smallest absolute Gasteiger partial charge is 0.0741 e. The summed E-state index contributed by atoms with van der Waals surface area (Å²) in [5, 5.41) is 13.1. The van der Waals surface area contributed by atoms with E-state index in [1.807, 2.05) is 18.2 Å². The summed E-state index contributed by atoms with van der Waals surface area (Å²) in [4.78, 5) is 0. The Morgan fingerprint density at radius 3 is 2.40 bits per heavy atom. The minimum atomic E-state index is -0.219. The van der Waals surface area contributed by atoms with Gasteiger partial charge in [-0.1, -0.05) is 6.07 Å². The van der Waals surface area contributed by atoms with Gasteiger partial charge in [0.1, 0.15) is 0 Å². The van der Waals surface area contributed by atoms with Crippen LogP contribution in [-0.4, -0.2) is 17.3 Å². The van der Waals surface area contributed by atoms with Crippen LogP contribution in [-0.2, 0) is 0 Å². The van der Waals surface area contributed by atoms with Gasteiger partial charge in [0.2, 0.25) is 0 Å². The first-order valence-corrected chi connectivity index (χ1v) is 6.65. The highest BCUT2D eigenvalue weighted by Gasteiger charge is 2.25. The number of para-hydroxylation sites is 1. The summed E-state index contributed by atoms with van der Waals surface area (Å²) < 4.78 is 2.05. The maximum absolute atomic E-state index is 9.74. The zero-order valence-electron chi connectivity index (χ0n) is 8.21. The SMILES string of the molecule is OC1CCCC1Nc1c(Br)cccc1Br. The topological polar surface area (TPSA) is 32.3 Å². The van der Waals surface area contributed by atoms with E-state index in [1.54, 1.807) is 0 Å². The zero-order chi connectivity index (χ0) is 10.8. The summed E-state index contributed by atoms with van der Waals surface area (Å²) >= 11 is 7.00. The number of rotatable bonds is 2. The van der Waals surface area contributed by atoms with Gasteiger partial charge in [-0.05, 0) is 63.3 Å². The molecule has 2 rings (SSSR count). The molecule has 0 spiro atoms. The maximum atomic E-state index is 9.74. The zero-order valence-corrected chi connectivity index (χ0v) is 11.4. The molecule has 0 saturated heterocycles. The summed E-state index contributed by atoms with van der Waals surface area (Å²) in [5.41, 5.74) is 1.03. The molecule has 2 N–H and O–H groups in total. The van der Waals surface area contributed by atoms with Gasteiger partial charge in [-0.15, -0.1) is 0 Å². The van der Waals surface area contributed by atoms with Crippen molar-refractivity contribution in [3.05, 3.63) is 27.1 Å². The molecule has 0 radical (unpaired) electrons. The van der Waals surface area contributed by atoms with Crippen LogP contribution in [0, 0.1) is 0 Å². The monoisotopic (exact) mass is 333 g/mol. The lowest BCUT2D eigenvalue weighted by molar-refractivity contribution is 0.172. The highest BCUT2D eigenvalue weighted by molar-refractivity contribution is 9.11. The molecule has 0 aromatic heterocycles. The number of nitrogens with one attached hydrogen (secondary N) is 1. The molecule has 1 aromatic rings. The van der Waals surface area contributed by atoms with Gasteiger partial charge in [0, 0.05) is 8.95 Å². The molecule has 1 fully saturated rings. The number of halogens is 2. The van der Waals surface area contributed by atoms with Crippen LogP contribution >= 0.6 is 31.9 Å². The van der Waals surface area contributed by atoms with Crippen LogP contribution in [0.5, 0.6) is 0 Å². The lowest BCUT2D eigenvalue weighted by Gasteiger charge is -2.19. The third-order valence-electron chi connectivity index (χ3n) is 2.77. The fourth-order valence-corrected chi connectivity index (χ4v) is 3.16. The van der Waals surface area contributed by atoms with Crippen LogP contribution in [0.2, 0.25) is 0 Å². The fourth-order valence-electron chi connectivity index (χ4n) is 1.93. The Kier molecular flexibility index (Phi) is 3.69. The molecule has 0 amide bonds. The van der Waals surface area contributed by atoms with Crippen molar-refractivity contribution in [2.75, 3.05) is 5.32 Å². The van der Waals surface area contributed by atoms with Crippen LogP contribution in [0.1, 0.15) is 19.3 Å². The Bertz CT molecular complexity index is 336. The first-order valence-electron chi connectivity index (χ1n) is 5.07. The van der Waals surface area contributed by atoms with Crippen molar-refractivity contribution >= 4 is 37.5 Å². The van der Waals surface area contributed by atoms with E-state index in [9.17, 15) is 5.11 Å². The Hall–Kier alpha value is -0.0600. The maximum Gasteiger partial charge on any atom is 0.0741 e. The molecule has 2 nitrogen and oxygen atoms in total. The number of anilines is 1. The molecule has 82 valence electrons. The van der Waals surface area contributed by atoms with Gasteiger partial charge in [0.05, 0.1) is 17.8 Å². The molecule has 2 atom stereocenters. The van der Waals surface area contributed by atoms with Gasteiger partial charge in [0.15, 0.2) is 0 Å². The molecular formula is C11H13Br2NO. The van der Waals surface area contributed by atoms with E-state index in [4.69, 9.17) is 0 Å². The summed E-state index contributed by atoms with van der Waals surface area (Å²) in [5.74, 6) is 0. The fraction of sp³-hybridized carbons (Fsp3) is 0.455. The Morgan fingerprint density at radius 1 is 1.20 bits per heavy atom. The molecule has 15 heavy (non-hydrogen) atoms. The molecule has 1 saturated carbocycles. The molecule has 0 aliphatic heterocycles. The third kappa shape index (κ3) is 2.55. The van der Waals surface area contributed by atoms with Gasteiger partial charge in [-0.2, -0.15) is 0 Å². The lowest BCUT2D eigenvalue weighted by atomic mass is 10.2. The highest BCUT2D eigenvalue weighted by Crippen LogP contribution is 2.33. The largest absolute Gasteiger partial charge is 0.391 e. The van der Waals surface area contributed by atoms with Crippen molar-refractivity contribution in [1.82, 2.24) is 0 Å². The molecule has 4 heteroatoms.